The monoisotopic (exact) mass is 776 g/mol. The number of fused-ring (bicyclic) bond motifs is 1. The fourth-order valence-electron chi connectivity index (χ4n) is 6.61. The van der Waals surface area contributed by atoms with Crippen molar-refractivity contribution in [3.05, 3.63) is 83.2 Å². The molecule has 3 aromatic carbocycles. The van der Waals surface area contributed by atoms with Gasteiger partial charge in [0.05, 0.1) is 34.3 Å². The van der Waals surface area contributed by atoms with Crippen LogP contribution in [0.4, 0.5) is 10.1 Å². The molecule has 13 heteroatoms. The maximum Gasteiger partial charge on any atom is 0.495 e. The van der Waals surface area contributed by atoms with Crippen molar-refractivity contribution in [3.8, 4) is 11.3 Å². The Balaban J connectivity index is 1.28. The number of hydrogen-bond acceptors (Lipinski definition) is 7. The van der Waals surface area contributed by atoms with Crippen LogP contribution in [0.5, 0.6) is 0 Å². The van der Waals surface area contributed by atoms with Crippen LogP contribution in [0.1, 0.15) is 108 Å². The van der Waals surface area contributed by atoms with Gasteiger partial charge in [0.1, 0.15) is 17.2 Å². The van der Waals surface area contributed by atoms with Gasteiger partial charge in [0, 0.05) is 24.1 Å². The molecule has 1 saturated heterocycles. The first-order valence-corrected chi connectivity index (χ1v) is 23.4. The largest absolute Gasteiger partial charge is 0.495 e. The van der Waals surface area contributed by atoms with Crippen molar-refractivity contribution in [2.24, 2.45) is 0 Å². The average Bonchev–Trinajstić information content (AvgIpc) is 3.82. The summed E-state index contributed by atoms with van der Waals surface area (Å²) in [7, 11) is -5.19. The first-order chi connectivity index (χ1) is 25.1. The number of carbonyl (C=O) groups excluding carboxylic acids is 1. The van der Waals surface area contributed by atoms with Crippen LogP contribution in [0.3, 0.4) is 0 Å². The second-order valence-electron chi connectivity index (χ2n) is 17.2. The van der Waals surface area contributed by atoms with Crippen LogP contribution in [-0.4, -0.2) is 53.8 Å². The molecule has 1 atom stereocenters. The zero-order valence-electron chi connectivity index (χ0n) is 33.2. The molecule has 1 aliphatic heterocycles. The normalized spacial score (nSPS) is 17.9. The van der Waals surface area contributed by atoms with E-state index in [1.807, 2.05) is 58.0 Å². The van der Waals surface area contributed by atoms with Gasteiger partial charge in [0.2, 0.25) is 10.0 Å². The summed E-state index contributed by atoms with van der Waals surface area (Å²) in [5, 5.41) is 3.19. The molecule has 0 spiro atoms. The number of sulfonamides is 1. The number of amides is 1. The fourth-order valence-corrected chi connectivity index (χ4v) is 9.08. The second-order valence-corrected chi connectivity index (χ2v) is 23.8. The second kappa shape index (κ2) is 14.5. The molecule has 9 nitrogen and oxygen atoms in total. The van der Waals surface area contributed by atoms with Crippen LogP contribution in [-0.2, 0) is 23.8 Å². The van der Waals surface area contributed by atoms with Crippen LogP contribution in [0.25, 0.3) is 22.3 Å². The van der Waals surface area contributed by atoms with Crippen molar-refractivity contribution in [2.75, 3.05) is 17.5 Å². The Morgan fingerprint density at radius 2 is 1.65 bits per heavy atom. The maximum atomic E-state index is 13.9. The van der Waals surface area contributed by atoms with Crippen molar-refractivity contribution in [1.82, 2.24) is 5.32 Å². The van der Waals surface area contributed by atoms with Crippen LogP contribution in [0.15, 0.2) is 65.1 Å². The summed E-state index contributed by atoms with van der Waals surface area (Å²) >= 11 is 0. The predicted molar refractivity (Wildman–Crippen MR) is 217 cm³/mol. The van der Waals surface area contributed by atoms with Crippen molar-refractivity contribution < 1.29 is 35.8 Å². The molecule has 1 amide bonds. The summed E-state index contributed by atoms with van der Waals surface area (Å²) in [5.74, 6) is -0.440. The molecule has 2 N–H and O–H groups in total. The topological polar surface area (TPSA) is 116 Å². The predicted octanol–water partition coefficient (Wildman–Crippen LogP) is 9.06. The molecule has 4 aromatic rings. The molecule has 6 rings (SSSR count). The highest BCUT2D eigenvalue weighted by molar-refractivity contribution is 7.92. The minimum Gasteiger partial charge on any atom is -0.455 e. The quantitative estimate of drug-likeness (QED) is 0.130. The zero-order chi connectivity index (χ0) is 39.4. The van der Waals surface area contributed by atoms with Crippen LogP contribution in [0, 0.1) is 5.82 Å². The third kappa shape index (κ3) is 8.21. The molecule has 2 aliphatic rings. The van der Waals surface area contributed by atoms with Gasteiger partial charge in [0.15, 0.2) is 8.32 Å². The third-order valence-corrected chi connectivity index (χ3v) is 17.5. The van der Waals surface area contributed by atoms with E-state index < -0.39 is 42.5 Å². The number of benzene rings is 3. The molecule has 2 heterocycles. The lowest BCUT2D eigenvalue weighted by Crippen LogP contribution is -2.44. The van der Waals surface area contributed by atoms with E-state index in [0.717, 1.165) is 29.4 Å². The van der Waals surface area contributed by atoms with E-state index in [1.165, 1.54) is 19.2 Å². The Kier molecular flexibility index (Phi) is 10.8. The first-order valence-electron chi connectivity index (χ1n) is 18.8. The lowest BCUT2D eigenvalue weighted by atomic mass is 9.74. The summed E-state index contributed by atoms with van der Waals surface area (Å²) in [6.45, 7) is 19.1. The highest BCUT2D eigenvalue weighted by Gasteiger charge is 2.52. The molecular weight excluding hydrogens is 722 g/mol. The SMILES string of the molecule is CNC(=O)c1c(-c2ccc(F)cc2)oc2cc(NS(=O)(=O)CCCC(O[Si](C)(C)C(C)(C)C)c3ccccc3B3OC(C)(C)C(C)(C)O3)c(C3CC3)cc12. The zero-order valence-corrected chi connectivity index (χ0v) is 35.0. The lowest BCUT2D eigenvalue weighted by molar-refractivity contribution is 0.00578. The smallest absolute Gasteiger partial charge is 0.455 e. The van der Waals surface area contributed by atoms with E-state index in [1.54, 1.807) is 18.2 Å². The van der Waals surface area contributed by atoms with Crippen molar-refractivity contribution in [1.29, 1.82) is 0 Å². The number of carbonyl (C=O) groups is 1. The number of anilines is 1. The van der Waals surface area contributed by atoms with E-state index in [4.69, 9.17) is 18.2 Å². The molecule has 0 radical (unpaired) electrons. The summed E-state index contributed by atoms with van der Waals surface area (Å²) in [4.78, 5) is 13.2. The van der Waals surface area contributed by atoms with Crippen LogP contribution in [0.2, 0.25) is 18.1 Å². The average molecular weight is 777 g/mol. The number of rotatable bonds is 13. The molecule has 1 aliphatic carbocycles. The van der Waals surface area contributed by atoms with E-state index in [0.29, 0.717) is 46.4 Å². The Hall–Kier alpha value is -3.49. The van der Waals surface area contributed by atoms with Gasteiger partial charge in [-0.15, -0.1) is 0 Å². The van der Waals surface area contributed by atoms with Crippen molar-refractivity contribution in [2.45, 2.75) is 116 Å². The van der Waals surface area contributed by atoms with E-state index >= 15 is 0 Å². The van der Waals surface area contributed by atoms with Gasteiger partial charge in [0.25, 0.3) is 5.91 Å². The summed E-state index contributed by atoms with van der Waals surface area (Å²) in [6.07, 6.45) is 2.24. The standard InChI is InChI=1S/C41H54BFN2O7SSi/c1-39(2,3)54(9,10)50-34(29-14-11-12-15-32(29)42-51-40(4,5)41(6,7)52-42)16-13-23-53(47,48)45-33-25-35-31(24-30(33)26-17-18-26)36(38(46)44-8)37(49-35)27-19-21-28(43)22-20-27/h11-12,14-15,19-22,24-26,34,45H,13,16-18,23H2,1-10H3,(H,44,46). The highest BCUT2D eigenvalue weighted by Crippen LogP contribution is 2.47. The number of hydrogen-bond donors (Lipinski definition) is 2. The highest BCUT2D eigenvalue weighted by atomic mass is 32.2. The summed E-state index contributed by atoms with van der Waals surface area (Å²) in [5.41, 5.74) is 3.26. The van der Waals surface area contributed by atoms with E-state index in [-0.39, 0.29) is 28.7 Å². The molecule has 1 saturated carbocycles. The van der Waals surface area contributed by atoms with Gasteiger partial charge < -0.3 is 23.5 Å². The fraction of sp³-hybridized carbons (Fsp3) is 0.488. The lowest BCUT2D eigenvalue weighted by Gasteiger charge is -2.40. The molecule has 1 aromatic heterocycles. The first kappa shape index (κ1) is 40.2. The molecule has 290 valence electrons. The Bertz CT molecular complexity index is 2120. The Morgan fingerprint density at radius 3 is 2.24 bits per heavy atom. The molecule has 0 bridgehead atoms. The van der Waals surface area contributed by atoms with Crippen LogP contribution >= 0.6 is 0 Å². The minimum atomic E-state index is -3.83. The van der Waals surface area contributed by atoms with Gasteiger partial charge in [-0.1, -0.05) is 45.0 Å². The molecule has 54 heavy (non-hydrogen) atoms. The van der Waals surface area contributed by atoms with Gasteiger partial charge in [-0.3, -0.25) is 9.52 Å². The van der Waals surface area contributed by atoms with Crippen molar-refractivity contribution >= 4 is 53.5 Å². The summed E-state index contributed by atoms with van der Waals surface area (Å²) in [6, 6.07) is 17.3. The van der Waals surface area contributed by atoms with E-state index in [9.17, 15) is 17.6 Å². The Morgan fingerprint density at radius 1 is 1.02 bits per heavy atom. The number of furan rings is 1. The maximum absolute atomic E-state index is 13.9. The van der Waals surface area contributed by atoms with E-state index in [2.05, 4.69) is 43.9 Å². The van der Waals surface area contributed by atoms with Gasteiger partial charge in [-0.2, -0.15) is 0 Å². The van der Waals surface area contributed by atoms with Crippen molar-refractivity contribution in [3.63, 3.8) is 0 Å². The number of halogens is 1. The molecule has 1 unspecified atom stereocenters. The Labute approximate surface area is 321 Å². The van der Waals surface area contributed by atoms with Crippen LogP contribution < -0.4 is 15.5 Å². The number of nitrogens with one attached hydrogen (secondary N) is 2. The van der Waals surface area contributed by atoms with Gasteiger partial charge >= 0.3 is 7.12 Å². The third-order valence-electron chi connectivity index (χ3n) is 11.7. The van der Waals surface area contributed by atoms with Gasteiger partial charge in [-0.25, -0.2) is 12.8 Å². The van der Waals surface area contributed by atoms with Gasteiger partial charge in [-0.05, 0) is 124 Å². The molecular formula is C41H54BFN2O7SSi. The summed E-state index contributed by atoms with van der Waals surface area (Å²) < 4.78 is 70.6. The minimum absolute atomic E-state index is 0.0733. The molecule has 2 fully saturated rings.